The number of aromatic nitrogens is 1. The van der Waals surface area contributed by atoms with Gasteiger partial charge in [-0.1, -0.05) is 48.8 Å². The lowest BCUT2D eigenvalue weighted by molar-refractivity contribution is 0.0988. The van der Waals surface area contributed by atoms with Gasteiger partial charge in [0.25, 0.3) is 5.91 Å². The molecule has 8 nitrogen and oxygen atoms in total. The molecule has 1 N–H and O–H groups in total. The first-order valence-electron chi connectivity index (χ1n) is 10.4. The Morgan fingerprint density at radius 2 is 1.75 bits per heavy atom. The summed E-state index contributed by atoms with van der Waals surface area (Å²) in [5.41, 5.74) is 2.78. The van der Waals surface area contributed by atoms with E-state index in [2.05, 4.69) is 10.5 Å². The number of anilines is 1. The zero-order valence-corrected chi connectivity index (χ0v) is 19.4. The van der Waals surface area contributed by atoms with Crippen LogP contribution in [0, 0.1) is 6.92 Å². The van der Waals surface area contributed by atoms with Crippen LogP contribution in [0.25, 0.3) is 11.3 Å². The van der Waals surface area contributed by atoms with Gasteiger partial charge in [-0.3, -0.25) is 4.79 Å². The van der Waals surface area contributed by atoms with Crippen LogP contribution in [-0.4, -0.2) is 43.5 Å². The number of nitrogens with zero attached hydrogens (tertiary/aromatic N) is 2. The molecule has 9 heteroatoms. The second-order valence-electron chi connectivity index (χ2n) is 7.08. The Hall–Kier alpha value is -3.17. The van der Waals surface area contributed by atoms with Crippen LogP contribution in [0.2, 0.25) is 0 Å². The molecule has 3 aromatic rings. The lowest BCUT2D eigenvalue weighted by Crippen LogP contribution is -2.31. The van der Waals surface area contributed by atoms with Crippen LogP contribution < -0.4 is 10.1 Å². The number of aryl methyl sites for hydroxylation is 1. The first-order valence-corrected chi connectivity index (χ1v) is 11.9. The highest BCUT2D eigenvalue weighted by Crippen LogP contribution is 2.30. The molecular formula is C23H27N3O5S. The predicted octanol–water partition coefficient (Wildman–Crippen LogP) is 4.33. The first kappa shape index (κ1) is 23.5. The summed E-state index contributed by atoms with van der Waals surface area (Å²) < 4.78 is 38.2. The number of sulfonamides is 1. The van der Waals surface area contributed by atoms with Crippen molar-refractivity contribution in [2.75, 3.05) is 25.0 Å². The van der Waals surface area contributed by atoms with Crippen molar-refractivity contribution in [1.82, 2.24) is 9.46 Å². The Morgan fingerprint density at radius 1 is 1.06 bits per heavy atom. The summed E-state index contributed by atoms with van der Waals surface area (Å²) in [6.07, 6.45) is 0. The highest BCUT2D eigenvalue weighted by Gasteiger charge is 2.26. The van der Waals surface area contributed by atoms with Gasteiger partial charge in [-0.15, -0.1) is 0 Å². The summed E-state index contributed by atoms with van der Waals surface area (Å²) in [5.74, 6) is -0.285. The van der Waals surface area contributed by atoms with E-state index in [1.54, 1.807) is 32.9 Å². The zero-order valence-electron chi connectivity index (χ0n) is 18.6. The minimum Gasteiger partial charge on any atom is -0.492 e. The van der Waals surface area contributed by atoms with Crippen molar-refractivity contribution in [1.29, 1.82) is 0 Å². The van der Waals surface area contributed by atoms with E-state index in [0.29, 0.717) is 31.1 Å². The number of hydrogen-bond donors (Lipinski definition) is 1. The summed E-state index contributed by atoms with van der Waals surface area (Å²) in [7, 11) is -3.79. The van der Waals surface area contributed by atoms with Gasteiger partial charge in [-0.2, -0.15) is 4.31 Å². The van der Waals surface area contributed by atoms with Crippen LogP contribution in [0.5, 0.6) is 5.75 Å². The number of rotatable bonds is 9. The number of nitrogens with one attached hydrogen (secondary N) is 1. The molecule has 0 unspecified atom stereocenters. The Morgan fingerprint density at radius 3 is 2.38 bits per heavy atom. The number of benzene rings is 2. The van der Waals surface area contributed by atoms with Crippen LogP contribution in [0.15, 0.2) is 57.9 Å². The van der Waals surface area contributed by atoms with Crippen LogP contribution in [0.4, 0.5) is 5.69 Å². The van der Waals surface area contributed by atoms with Gasteiger partial charge in [-0.25, -0.2) is 8.42 Å². The van der Waals surface area contributed by atoms with E-state index in [1.165, 1.54) is 16.4 Å². The van der Waals surface area contributed by atoms with E-state index in [4.69, 9.17) is 9.26 Å². The van der Waals surface area contributed by atoms with Gasteiger partial charge in [0.15, 0.2) is 0 Å². The van der Waals surface area contributed by atoms with Gasteiger partial charge in [0.1, 0.15) is 16.3 Å². The van der Waals surface area contributed by atoms with Gasteiger partial charge in [-0.05, 0) is 32.0 Å². The number of ether oxygens (including phenoxy) is 1. The number of hydrogen-bond acceptors (Lipinski definition) is 6. The molecule has 0 saturated carbocycles. The molecule has 0 saturated heterocycles. The molecule has 1 amide bonds. The average Bonchev–Trinajstić information content (AvgIpc) is 3.26. The average molecular weight is 458 g/mol. The van der Waals surface area contributed by atoms with Crippen molar-refractivity contribution in [2.24, 2.45) is 0 Å². The highest BCUT2D eigenvalue weighted by molar-refractivity contribution is 7.89. The maximum atomic E-state index is 13.1. The third kappa shape index (κ3) is 5.00. The molecule has 3 rings (SSSR count). The van der Waals surface area contributed by atoms with Crippen molar-refractivity contribution < 1.29 is 22.5 Å². The summed E-state index contributed by atoms with van der Waals surface area (Å²) in [6, 6.07) is 13.7. The normalized spacial score (nSPS) is 11.5. The number of amides is 1. The van der Waals surface area contributed by atoms with Gasteiger partial charge in [0.05, 0.1) is 6.61 Å². The van der Waals surface area contributed by atoms with E-state index in [1.807, 2.05) is 31.2 Å². The lowest BCUT2D eigenvalue weighted by Gasteiger charge is -2.21. The molecule has 0 bridgehead atoms. The zero-order chi connectivity index (χ0) is 23.3. The fourth-order valence-electron chi connectivity index (χ4n) is 3.20. The Labute approximate surface area is 188 Å². The molecule has 1 aromatic heterocycles. The van der Waals surface area contributed by atoms with Crippen molar-refractivity contribution in [3.63, 3.8) is 0 Å². The molecule has 2 aromatic carbocycles. The van der Waals surface area contributed by atoms with Gasteiger partial charge in [0.2, 0.25) is 15.8 Å². The van der Waals surface area contributed by atoms with E-state index in [0.717, 1.165) is 11.1 Å². The molecule has 0 fully saturated rings. The predicted molar refractivity (Wildman–Crippen MR) is 122 cm³/mol. The smallest absolute Gasteiger partial charge is 0.294 e. The maximum absolute atomic E-state index is 13.1. The fraction of sp³-hybridized carbons (Fsp3) is 0.304. The maximum Gasteiger partial charge on any atom is 0.294 e. The molecule has 0 aliphatic carbocycles. The third-order valence-corrected chi connectivity index (χ3v) is 6.98. The molecule has 0 aliphatic rings. The van der Waals surface area contributed by atoms with Crippen LogP contribution >= 0.6 is 0 Å². The van der Waals surface area contributed by atoms with Crippen molar-refractivity contribution in [3.8, 4) is 17.0 Å². The van der Waals surface area contributed by atoms with Crippen LogP contribution in [0.1, 0.15) is 36.9 Å². The molecule has 1 heterocycles. The molecule has 0 aliphatic heterocycles. The molecule has 0 radical (unpaired) electrons. The largest absolute Gasteiger partial charge is 0.492 e. The molecule has 32 heavy (non-hydrogen) atoms. The Bertz CT molecular complexity index is 1180. The first-order chi connectivity index (χ1) is 15.3. The third-order valence-electron chi connectivity index (χ3n) is 4.91. The summed E-state index contributed by atoms with van der Waals surface area (Å²) in [6.45, 7) is 8.25. The topological polar surface area (TPSA) is 102 Å². The van der Waals surface area contributed by atoms with Gasteiger partial charge < -0.3 is 14.6 Å². The van der Waals surface area contributed by atoms with Crippen LogP contribution in [0.3, 0.4) is 0 Å². The number of carbonyl (C=O) groups excluding carboxylic acids is 1. The quantitative estimate of drug-likeness (QED) is 0.513. The van der Waals surface area contributed by atoms with Crippen molar-refractivity contribution in [3.05, 3.63) is 59.9 Å². The molecular weight excluding hydrogens is 430 g/mol. The Balaban J connectivity index is 1.87. The van der Waals surface area contributed by atoms with Gasteiger partial charge >= 0.3 is 0 Å². The summed E-state index contributed by atoms with van der Waals surface area (Å²) in [5, 5.41) is 6.64. The second-order valence-corrected chi connectivity index (χ2v) is 8.99. The van der Waals surface area contributed by atoms with Crippen LogP contribution in [-0.2, 0) is 10.0 Å². The van der Waals surface area contributed by atoms with Crippen molar-refractivity contribution >= 4 is 21.6 Å². The number of carbonyl (C=O) groups is 1. The monoisotopic (exact) mass is 457 g/mol. The minimum absolute atomic E-state index is 0.00114. The molecule has 0 atom stereocenters. The van der Waals surface area contributed by atoms with E-state index >= 15 is 0 Å². The Kier molecular flexibility index (Phi) is 7.32. The minimum atomic E-state index is -3.79. The molecule has 0 spiro atoms. The summed E-state index contributed by atoms with van der Waals surface area (Å²) >= 11 is 0. The van der Waals surface area contributed by atoms with Gasteiger partial charge in [0, 0.05) is 30.4 Å². The van der Waals surface area contributed by atoms with Crippen molar-refractivity contribution in [2.45, 2.75) is 32.6 Å². The second kappa shape index (κ2) is 9.97. The fourth-order valence-corrected chi connectivity index (χ4v) is 4.82. The highest BCUT2D eigenvalue weighted by atomic mass is 32.2. The summed E-state index contributed by atoms with van der Waals surface area (Å²) in [4.78, 5) is 12.7. The molecule has 170 valence electrons. The van der Waals surface area contributed by atoms with E-state index in [-0.39, 0.29) is 16.4 Å². The lowest BCUT2D eigenvalue weighted by atomic mass is 10.1. The standard InChI is InChI=1S/C23H27N3O5S/c1-5-26(6-2)32(28,29)22-14-18(12-13-20(22)30-7-3)24-23(27)21-15-19(25-31-21)17-10-8-16(4)9-11-17/h8-15H,5-7H2,1-4H3,(H,24,27). The van der Waals surface area contributed by atoms with E-state index in [9.17, 15) is 13.2 Å². The SMILES string of the molecule is CCOc1ccc(NC(=O)c2cc(-c3ccc(C)cc3)no2)cc1S(=O)(=O)N(CC)CC. The van der Waals surface area contributed by atoms with E-state index < -0.39 is 15.9 Å².